The van der Waals surface area contributed by atoms with E-state index >= 15 is 0 Å². The van der Waals surface area contributed by atoms with Crippen LogP contribution in [0.4, 0.5) is 5.69 Å². The monoisotopic (exact) mass is 234 g/mol. The molecule has 0 bridgehead atoms. The third kappa shape index (κ3) is 2.91. The Morgan fingerprint density at radius 1 is 1.29 bits per heavy atom. The molecule has 1 aromatic rings. The van der Waals surface area contributed by atoms with Crippen molar-refractivity contribution < 1.29 is 4.74 Å². The number of anilines is 1. The molecular formula is C14H22N2O. The maximum Gasteiger partial charge on any atom is 0.119 e. The summed E-state index contributed by atoms with van der Waals surface area (Å²) in [5, 5.41) is 0. The summed E-state index contributed by atoms with van der Waals surface area (Å²) >= 11 is 0. The van der Waals surface area contributed by atoms with Gasteiger partial charge in [-0.25, -0.2) is 0 Å². The number of hydrogen-bond donors (Lipinski definition) is 1. The van der Waals surface area contributed by atoms with E-state index in [4.69, 9.17) is 10.5 Å². The summed E-state index contributed by atoms with van der Waals surface area (Å²) in [4.78, 5) is 2.48. The molecule has 0 atom stereocenters. The highest BCUT2D eigenvalue weighted by Gasteiger charge is 2.15. The van der Waals surface area contributed by atoms with Crippen LogP contribution >= 0.6 is 0 Å². The lowest BCUT2D eigenvalue weighted by Gasteiger charge is -2.22. The molecule has 1 aromatic carbocycles. The van der Waals surface area contributed by atoms with Gasteiger partial charge in [-0.05, 0) is 56.0 Å². The minimum absolute atomic E-state index is 0.747. The predicted octanol–water partition coefficient (Wildman–Crippen LogP) is 2.19. The molecule has 3 nitrogen and oxygen atoms in total. The van der Waals surface area contributed by atoms with Gasteiger partial charge in [0.2, 0.25) is 0 Å². The molecule has 0 aliphatic carbocycles. The molecule has 94 valence electrons. The van der Waals surface area contributed by atoms with Gasteiger partial charge in [0.15, 0.2) is 0 Å². The third-order valence-electron chi connectivity index (χ3n) is 3.38. The van der Waals surface area contributed by atoms with Crippen molar-refractivity contribution in [1.82, 2.24) is 0 Å². The molecule has 2 N–H and O–H groups in total. The fourth-order valence-corrected chi connectivity index (χ4v) is 2.45. The first-order chi connectivity index (χ1) is 8.35. The van der Waals surface area contributed by atoms with Gasteiger partial charge in [0, 0.05) is 18.8 Å². The molecule has 1 fully saturated rings. The van der Waals surface area contributed by atoms with E-state index < -0.39 is 0 Å². The number of aryl methyl sites for hydroxylation is 1. The third-order valence-corrected chi connectivity index (χ3v) is 3.38. The number of benzene rings is 1. The van der Waals surface area contributed by atoms with Crippen molar-refractivity contribution in [2.45, 2.75) is 25.7 Å². The summed E-state index contributed by atoms with van der Waals surface area (Å²) in [5.41, 5.74) is 8.35. The zero-order valence-electron chi connectivity index (χ0n) is 10.6. The smallest absolute Gasteiger partial charge is 0.119 e. The average Bonchev–Trinajstić information content (AvgIpc) is 2.89. The van der Waals surface area contributed by atoms with Crippen molar-refractivity contribution in [3.8, 4) is 5.75 Å². The molecule has 0 unspecified atom stereocenters. The van der Waals surface area contributed by atoms with Crippen LogP contribution in [0.15, 0.2) is 18.2 Å². The van der Waals surface area contributed by atoms with Crippen LogP contribution in [0.5, 0.6) is 5.75 Å². The summed E-state index contributed by atoms with van der Waals surface area (Å²) in [6.07, 6.45) is 4.69. The summed E-state index contributed by atoms with van der Waals surface area (Å²) in [6.45, 7) is 3.11. The zero-order valence-corrected chi connectivity index (χ0v) is 10.6. The number of ether oxygens (including phenoxy) is 1. The normalized spacial score (nSPS) is 15.3. The molecule has 0 saturated carbocycles. The molecule has 1 aliphatic rings. The molecule has 17 heavy (non-hydrogen) atoms. The van der Waals surface area contributed by atoms with Gasteiger partial charge in [0.05, 0.1) is 7.11 Å². The van der Waals surface area contributed by atoms with Crippen LogP contribution in [-0.4, -0.2) is 26.7 Å². The van der Waals surface area contributed by atoms with Crippen LogP contribution in [0.3, 0.4) is 0 Å². The lowest BCUT2D eigenvalue weighted by atomic mass is 10.1. The highest BCUT2D eigenvalue weighted by atomic mass is 16.5. The van der Waals surface area contributed by atoms with Crippen molar-refractivity contribution in [2.75, 3.05) is 31.6 Å². The first kappa shape index (κ1) is 12.2. The van der Waals surface area contributed by atoms with E-state index in [1.54, 1.807) is 7.11 Å². The Labute approximate surface area is 104 Å². The van der Waals surface area contributed by atoms with Gasteiger partial charge in [0.1, 0.15) is 5.75 Å². The molecule has 2 rings (SSSR count). The van der Waals surface area contributed by atoms with Gasteiger partial charge in [0.25, 0.3) is 0 Å². The predicted molar refractivity (Wildman–Crippen MR) is 71.8 cm³/mol. The van der Waals surface area contributed by atoms with E-state index in [-0.39, 0.29) is 0 Å². The maximum absolute atomic E-state index is 5.61. The summed E-state index contributed by atoms with van der Waals surface area (Å²) in [6, 6.07) is 6.40. The van der Waals surface area contributed by atoms with Gasteiger partial charge >= 0.3 is 0 Å². The van der Waals surface area contributed by atoms with E-state index in [0.717, 1.165) is 25.1 Å². The van der Waals surface area contributed by atoms with Crippen LogP contribution in [0.25, 0.3) is 0 Å². The van der Waals surface area contributed by atoms with Gasteiger partial charge in [-0.2, -0.15) is 0 Å². The number of methoxy groups -OCH3 is 1. The SMILES string of the molecule is COc1ccc(N2CCCC2)c(CCCN)c1. The molecule has 1 aliphatic heterocycles. The standard InChI is InChI=1S/C14H22N2O/c1-17-13-6-7-14(16-9-2-3-10-16)12(11-13)5-4-8-15/h6-7,11H,2-5,8-10,15H2,1H3. The number of nitrogens with zero attached hydrogens (tertiary/aromatic N) is 1. The Hall–Kier alpha value is -1.22. The molecule has 1 saturated heterocycles. The first-order valence-electron chi connectivity index (χ1n) is 6.47. The maximum atomic E-state index is 5.61. The molecule has 0 spiro atoms. The van der Waals surface area contributed by atoms with Crippen LogP contribution in [0, 0.1) is 0 Å². The highest BCUT2D eigenvalue weighted by molar-refractivity contribution is 5.57. The lowest BCUT2D eigenvalue weighted by molar-refractivity contribution is 0.414. The van der Waals surface area contributed by atoms with Gasteiger partial charge in [-0.15, -0.1) is 0 Å². The Kier molecular flexibility index (Phi) is 4.26. The molecule has 0 aromatic heterocycles. The van der Waals surface area contributed by atoms with Gasteiger partial charge in [-0.3, -0.25) is 0 Å². The van der Waals surface area contributed by atoms with Crippen LogP contribution < -0.4 is 15.4 Å². The number of nitrogens with two attached hydrogens (primary N) is 1. The highest BCUT2D eigenvalue weighted by Crippen LogP contribution is 2.29. The zero-order chi connectivity index (χ0) is 12.1. The van der Waals surface area contributed by atoms with Crippen molar-refractivity contribution >= 4 is 5.69 Å². The number of rotatable bonds is 5. The number of hydrogen-bond acceptors (Lipinski definition) is 3. The van der Waals surface area contributed by atoms with Crippen molar-refractivity contribution in [3.63, 3.8) is 0 Å². The fraction of sp³-hybridized carbons (Fsp3) is 0.571. The van der Waals surface area contributed by atoms with E-state index in [2.05, 4.69) is 23.1 Å². The van der Waals surface area contributed by atoms with Gasteiger partial charge < -0.3 is 15.4 Å². The van der Waals surface area contributed by atoms with Gasteiger partial charge in [-0.1, -0.05) is 0 Å². The summed E-state index contributed by atoms with van der Waals surface area (Å²) in [5.74, 6) is 0.944. The second kappa shape index (κ2) is 5.92. The molecule has 0 amide bonds. The molecule has 0 radical (unpaired) electrons. The quantitative estimate of drug-likeness (QED) is 0.848. The van der Waals surface area contributed by atoms with Crippen molar-refractivity contribution in [2.24, 2.45) is 5.73 Å². The second-order valence-corrected chi connectivity index (χ2v) is 4.58. The van der Waals surface area contributed by atoms with E-state index in [9.17, 15) is 0 Å². The molecule has 1 heterocycles. The Balaban J connectivity index is 2.21. The summed E-state index contributed by atoms with van der Waals surface area (Å²) < 4.78 is 5.30. The van der Waals surface area contributed by atoms with Crippen LogP contribution in [-0.2, 0) is 6.42 Å². The minimum Gasteiger partial charge on any atom is -0.497 e. The average molecular weight is 234 g/mol. The molecule has 3 heteroatoms. The molecular weight excluding hydrogens is 212 g/mol. The Morgan fingerprint density at radius 3 is 2.71 bits per heavy atom. The van der Waals surface area contributed by atoms with Crippen LogP contribution in [0.1, 0.15) is 24.8 Å². The second-order valence-electron chi connectivity index (χ2n) is 4.58. The fourth-order valence-electron chi connectivity index (χ4n) is 2.45. The Morgan fingerprint density at radius 2 is 2.06 bits per heavy atom. The topological polar surface area (TPSA) is 38.5 Å². The van der Waals surface area contributed by atoms with Crippen molar-refractivity contribution in [3.05, 3.63) is 23.8 Å². The summed E-state index contributed by atoms with van der Waals surface area (Å²) in [7, 11) is 1.72. The minimum atomic E-state index is 0.747. The largest absolute Gasteiger partial charge is 0.497 e. The van der Waals surface area contributed by atoms with E-state index in [1.165, 1.54) is 37.2 Å². The Bertz CT molecular complexity index is 359. The van der Waals surface area contributed by atoms with Crippen LogP contribution in [0.2, 0.25) is 0 Å². The first-order valence-corrected chi connectivity index (χ1v) is 6.47. The van der Waals surface area contributed by atoms with E-state index in [0.29, 0.717) is 0 Å². The lowest BCUT2D eigenvalue weighted by Crippen LogP contribution is -2.19. The van der Waals surface area contributed by atoms with E-state index in [1.807, 2.05) is 0 Å². The van der Waals surface area contributed by atoms with Crippen molar-refractivity contribution in [1.29, 1.82) is 0 Å².